The minimum absolute atomic E-state index is 0.214. The molecule has 28 heavy (non-hydrogen) atoms. The molecular formula is C22H16N4O2. The first-order valence-corrected chi connectivity index (χ1v) is 8.90. The summed E-state index contributed by atoms with van der Waals surface area (Å²) in [5.41, 5.74) is 1.18. The Balaban J connectivity index is 1.78. The molecule has 0 aliphatic heterocycles. The van der Waals surface area contributed by atoms with Gasteiger partial charge in [-0.25, -0.2) is 0 Å². The van der Waals surface area contributed by atoms with E-state index in [2.05, 4.69) is 0 Å². The zero-order valence-electron chi connectivity index (χ0n) is 15.1. The Morgan fingerprint density at radius 1 is 0.607 bits per heavy atom. The van der Waals surface area contributed by atoms with E-state index in [0.29, 0.717) is 22.6 Å². The quantitative estimate of drug-likeness (QED) is 0.807. The van der Waals surface area contributed by atoms with Gasteiger partial charge in [0.15, 0.2) is 0 Å². The maximum Gasteiger partial charge on any atom is 0.135 e. The van der Waals surface area contributed by atoms with E-state index in [0.717, 1.165) is 25.7 Å². The fraction of sp³-hybridized carbons (Fsp3) is 0.273. The van der Waals surface area contributed by atoms with Crippen LogP contribution in [0.1, 0.15) is 47.9 Å². The highest BCUT2D eigenvalue weighted by molar-refractivity contribution is 5.50. The van der Waals surface area contributed by atoms with Gasteiger partial charge >= 0.3 is 0 Å². The van der Waals surface area contributed by atoms with Gasteiger partial charge in [0.05, 0.1) is 22.3 Å². The Kier molecular flexibility index (Phi) is 5.76. The molecule has 136 valence electrons. The van der Waals surface area contributed by atoms with Crippen molar-refractivity contribution < 1.29 is 9.47 Å². The van der Waals surface area contributed by atoms with E-state index in [1.54, 1.807) is 36.4 Å². The fourth-order valence-electron chi connectivity index (χ4n) is 3.26. The molecule has 0 unspecified atom stereocenters. The van der Waals surface area contributed by atoms with Crippen molar-refractivity contribution in [3.8, 4) is 35.8 Å². The third-order valence-electron chi connectivity index (χ3n) is 4.68. The molecule has 1 aliphatic rings. The third-order valence-corrected chi connectivity index (χ3v) is 4.68. The lowest BCUT2D eigenvalue weighted by Crippen LogP contribution is -2.39. The lowest BCUT2D eigenvalue weighted by atomic mass is 9.94. The number of benzene rings is 2. The highest BCUT2D eigenvalue weighted by atomic mass is 16.5. The van der Waals surface area contributed by atoms with Crippen molar-refractivity contribution in [2.75, 3.05) is 0 Å². The van der Waals surface area contributed by atoms with E-state index in [1.807, 2.05) is 24.3 Å². The summed E-state index contributed by atoms with van der Waals surface area (Å²) < 4.78 is 12.2. The molecule has 1 fully saturated rings. The Hall–Kier alpha value is -4.00. The highest BCUT2D eigenvalue weighted by Crippen LogP contribution is 2.29. The molecule has 1 aliphatic carbocycles. The van der Waals surface area contributed by atoms with Crippen molar-refractivity contribution in [3.63, 3.8) is 0 Å². The zero-order chi connectivity index (χ0) is 19.9. The highest BCUT2D eigenvalue weighted by Gasteiger charge is 2.29. The Morgan fingerprint density at radius 3 is 1.36 bits per heavy atom. The van der Waals surface area contributed by atoms with Crippen molar-refractivity contribution in [2.45, 2.75) is 37.9 Å². The molecule has 2 aromatic carbocycles. The van der Waals surface area contributed by atoms with Gasteiger partial charge in [0.2, 0.25) is 0 Å². The summed E-state index contributed by atoms with van der Waals surface area (Å²) in [6.45, 7) is 0. The third kappa shape index (κ3) is 4.04. The van der Waals surface area contributed by atoms with Gasteiger partial charge < -0.3 is 9.47 Å². The maximum atomic E-state index is 9.19. The molecule has 0 heterocycles. The van der Waals surface area contributed by atoms with Gasteiger partial charge in [-0.2, -0.15) is 21.0 Å². The van der Waals surface area contributed by atoms with Gasteiger partial charge in [-0.1, -0.05) is 0 Å². The predicted molar refractivity (Wildman–Crippen MR) is 99.0 cm³/mol. The van der Waals surface area contributed by atoms with Crippen LogP contribution in [0.15, 0.2) is 36.4 Å². The predicted octanol–water partition coefficient (Wildman–Crippen LogP) is 3.94. The first kappa shape index (κ1) is 18.8. The van der Waals surface area contributed by atoms with E-state index in [1.165, 1.54) is 0 Å². The van der Waals surface area contributed by atoms with Crippen molar-refractivity contribution in [1.29, 1.82) is 21.0 Å². The molecule has 0 aromatic heterocycles. The molecule has 1 saturated carbocycles. The van der Waals surface area contributed by atoms with E-state index in [4.69, 9.17) is 20.0 Å². The summed E-state index contributed by atoms with van der Waals surface area (Å²) >= 11 is 0. The standard InChI is InChI=1S/C22H16N4O2/c23-11-15-5-7-19(9-17(15)13-25)27-21-3-1-2-4-22(21)28-20-8-6-16(12-24)18(10-20)14-26/h5-10,21-22H,1-4H2/t21-,22-/m1/s1. The minimum Gasteiger partial charge on any atom is -0.487 e. The van der Waals surface area contributed by atoms with Crippen LogP contribution in [0.2, 0.25) is 0 Å². The molecule has 6 heteroatoms. The topological polar surface area (TPSA) is 114 Å². The van der Waals surface area contributed by atoms with E-state index in [9.17, 15) is 10.5 Å². The van der Waals surface area contributed by atoms with Crippen LogP contribution >= 0.6 is 0 Å². The van der Waals surface area contributed by atoms with Crippen LogP contribution in [0.4, 0.5) is 0 Å². The van der Waals surface area contributed by atoms with Gasteiger partial charge in [-0.3, -0.25) is 0 Å². The molecule has 2 aromatic rings. The molecular weight excluding hydrogens is 352 g/mol. The summed E-state index contributed by atoms with van der Waals surface area (Å²) in [6, 6.07) is 17.6. The molecule has 0 spiro atoms. The molecule has 0 N–H and O–H groups in total. The van der Waals surface area contributed by atoms with Gasteiger partial charge in [0.25, 0.3) is 0 Å². The first-order valence-electron chi connectivity index (χ1n) is 8.90. The van der Waals surface area contributed by atoms with Gasteiger partial charge in [-0.05, 0) is 62.1 Å². The van der Waals surface area contributed by atoms with Gasteiger partial charge in [0, 0.05) is 0 Å². The number of nitriles is 4. The average Bonchev–Trinajstić information content (AvgIpc) is 2.74. The summed E-state index contributed by atoms with van der Waals surface area (Å²) in [6.07, 6.45) is 3.18. The Bertz CT molecular complexity index is 965. The van der Waals surface area contributed by atoms with Crippen LogP contribution in [-0.4, -0.2) is 12.2 Å². The summed E-state index contributed by atoms with van der Waals surface area (Å²) in [5.74, 6) is 1.04. The second-order valence-corrected chi connectivity index (χ2v) is 6.46. The van der Waals surface area contributed by atoms with Crippen LogP contribution in [0.3, 0.4) is 0 Å². The molecule has 3 rings (SSSR count). The molecule has 6 nitrogen and oxygen atoms in total. The molecule has 0 bridgehead atoms. The SMILES string of the molecule is N#Cc1ccc(O[C@@H]2CCCC[C@H]2Oc2ccc(C#N)c(C#N)c2)cc1C#N. The second kappa shape index (κ2) is 8.59. The minimum atomic E-state index is -0.214. The van der Waals surface area contributed by atoms with Crippen LogP contribution < -0.4 is 9.47 Å². The largest absolute Gasteiger partial charge is 0.487 e. The number of hydrogen-bond acceptors (Lipinski definition) is 6. The van der Waals surface area contributed by atoms with Gasteiger partial charge in [-0.15, -0.1) is 0 Å². The Labute approximate surface area is 163 Å². The monoisotopic (exact) mass is 368 g/mol. The Morgan fingerprint density at radius 2 is 1.00 bits per heavy atom. The van der Waals surface area contributed by atoms with Crippen LogP contribution in [-0.2, 0) is 0 Å². The number of ether oxygens (including phenoxy) is 2. The van der Waals surface area contributed by atoms with E-state index >= 15 is 0 Å². The van der Waals surface area contributed by atoms with E-state index < -0.39 is 0 Å². The summed E-state index contributed by atoms with van der Waals surface area (Å²) in [7, 11) is 0. The smallest absolute Gasteiger partial charge is 0.135 e. The number of rotatable bonds is 4. The lowest BCUT2D eigenvalue weighted by molar-refractivity contribution is 0.0231. The van der Waals surface area contributed by atoms with Crippen molar-refractivity contribution in [1.82, 2.24) is 0 Å². The van der Waals surface area contributed by atoms with Crippen LogP contribution in [0.25, 0.3) is 0 Å². The van der Waals surface area contributed by atoms with Crippen LogP contribution in [0.5, 0.6) is 11.5 Å². The zero-order valence-corrected chi connectivity index (χ0v) is 15.1. The fourth-order valence-corrected chi connectivity index (χ4v) is 3.26. The lowest BCUT2D eigenvalue weighted by Gasteiger charge is -2.32. The molecule has 0 amide bonds. The molecule has 0 radical (unpaired) electrons. The van der Waals surface area contributed by atoms with Crippen molar-refractivity contribution in [3.05, 3.63) is 58.7 Å². The number of hydrogen-bond donors (Lipinski definition) is 0. The van der Waals surface area contributed by atoms with Crippen molar-refractivity contribution >= 4 is 0 Å². The molecule has 0 saturated heterocycles. The average molecular weight is 368 g/mol. The maximum absolute atomic E-state index is 9.19. The number of nitrogens with zero attached hydrogens (tertiary/aromatic N) is 4. The van der Waals surface area contributed by atoms with Crippen LogP contribution in [0, 0.1) is 45.3 Å². The summed E-state index contributed by atoms with van der Waals surface area (Å²) in [5, 5.41) is 36.5. The van der Waals surface area contributed by atoms with Crippen molar-refractivity contribution in [2.24, 2.45) is 0 Å². The van der Waals surface area contributed by atoms with Gasteiger partial charge in [0.1, 0.15) is 48.0 Å². The second-order valence-electron chi connectivity index (χ2n) is 6.46. The molecule has 2 atom stereocenters. The normalized spacial score (nSPS) is 18.0. The van der Waals surface area contributed by atoms with E-state index in [-0.39, 0.29) is 23.3 Å². The summed E-state index contributed by atoms with van der Waals surface area (Å²) in [4.78, 5) is 0. The first-order chi connectivity index (χ1) is 13.7.